The summed E-state index contributed by atoms with van der Waals surface area (Å²) in [5.74, 6) is 0.456. The van der Waals surface area contributed by atoms with Gasteiger partial charge in [-0.1, -0.05) is 69.7 Å². The molecule has 8 nitrogen and oxygen atoms in total. The van der Waals surface area contributed by atoms with E-state index in [9.17, 15) is 26.3 Å². The van der Waals surface area contributed by atoms with Crippen LogP contribution in [0, 0.1) is 0 Å². The number of hydrogen-bond acceptors (Lipinski definition) is 8. The number of ether oxygens (including phenoxy) is 2. The van der Waals surface area contributed by atoms with E-state index in [1.807, 2.05) is 31.2 Å². The summed E-state index contributed by atoms with van der Waals surface area (Å²) >= 11 is 0. The Kier molecular flexibility index (Phi) is 13.8. The van der Waals surface area contributed by atoms with Gasteiger partial charge in [0, 0.05) is 23.8 Å². The molecule has 0 unspecified atom stereocenters. The smallest absolute Gasteiger partial charge is 0.423 e. The van der Waals surface area contributed by atoms with E-state index in [0.29, 0.717) is 18.3 Å². The first-order chi connectivity index (χ1) is 25.4. The Morgan fingerprint density at radius 1 is 0.585 bits per heavy atom. The molecule has 0 bridgehead atoms. The van der Waals surface area contributed by atoms with Gasteiger partial charge in [0.2, 0.25) is 23.7 Å². The van der Waals surface area contributed by atoms with Gasteiger partial charge in [-0.05, 0) is 86.3 Å². The van der Waals surface area contributed by atoms with Gasteiger partial charge >= 0.3 is 12.4 Å². The van der Waals surface area contributed by atoms with Crippen molar-refractivity contribution in [2.45, 2.75) is 109 Å². The summed E-state index contributed by atoms with van der Waals surface area (Å²) in [6, 6.07) is 15.9. The molecular weight excluding hydrogens is 698 g/mol. The number of anilines is 4. The number of rotatable bonds is 11. The second kappa shape index (κ2) is 18.4. The van der Waals surface area contributed by atoms with E-state index in [-0.39, 0.29) is 25.1 Å². The first-order valence-electron chi connectivity index (χ1n) is 18.3. The summed E-state index contributed by atoms with van der Waals surface area (Å²) in [5.41, 5.74) is 2.13. The second-order valence-electron chi connectivity index (χ2n) is 13.3. The third-order valence-corrected chi connectivity index (χ3v) is 9.33. The summed E-state index contributed by atoms with van der Waals surface area (Å²) in [4.78, 5) is 15.4. The van der Waals surface area contributed by atoms with Crippen molar-refractivity contribution < 1.29 is 35.8 Å². The van der Waals surface area contributed by atoms with Crippen molar-refractivity contribution in [3.8, 4) is 11.8 Å². The predicted molar refractivity (Wildman–Crippen MR) is 192 cm³/mol. The number of nitrogens with one attached hydrogen (secondary N) is 2. The topological polar surface area (TPSA) is 94.1 Å². The van der Waals surface area contributed by atoms with Crippen LogP contribution in [0.25, 0.3) is 0 Å². The van der Waals surface area contributed by atoms with E-state index in [1.165, 1.54) is 75.3 Å². The Hall–Kier alpha value is -4.62. The van der Waals surface area contributed by atoms with Crippen molar-refractivity contribution in [3.05, 3.63) is 83.2 Å². The molecule has 2 aromatic heterocycles. The lowest BCUT2D eigenvalue weighted by Crippen LogP contribution is -2.12. The molecule has 2 saturated carbocycles. The summed E-state index contributed by atoms with van der Waals surface area (Å²) in [5, 5.41) is 5.90. The molecule has 53 heavy (non-hydrogen) atoms. The summed E-state index contributed by atoms with van der Waals surface area (Å²) in [7, 11) is 0. The SMILES string of the molecule is CCCOc1nc(Nc2ccc(C3CCCCC3)cc2)ncc1C(F)(F)F.CCOc1nc(Nc2ccc(C3CCCCC3)cc2)ncc1C(F)(F)F. The molecule has 0 amide bonds. The van der Waals surface area contributed by atoms with Crippen molar-refractivity contribution >= 4 is 23.3 Å². The maximum absolute atomic E-state index is 13.1. The highest BCUT2D eigenvalue weighted by Gasteiger charge is 2.37. The molecular formula is C39H46F6N6O2. The third-order valence-electron chi connectivity index (χ3n) is 9.33. The predicted octanol–water partition coefficient (Wildman–Crippen LogP) is 11.8. The molecule has 0 radical (unpaired) electrons. The van der Waals surface area contributed by atoms with Crippen LogP contribution >= 0.6 is 0 Å². The minimum Gasteiger partial charge on any atom is -0.477 e. The summed E-state index contributed by atoms with van der Waals surface area (Å²) in [6.45, 7) is 3.69. The number of aromatic nitrogens is 4. The van der Waals surface area contributed by atoms with Crippen molar-refractivity contribution in [2.24, 2.45) is 0 Å². The molecule has 0 spiro atoms. The van der Waals surface area contributed by atoms with Crippen molar-refractivity contribution in [3.63, 3.8) is 0 Å². The van der Waals surface area contributed by atoms with Gasteiger partial charge in [-0.2, -0.15) is 36.3 Å². The Morgan fingerprint density at radius 2 is 0.981 bits per heavy atom. The van der Waals surface area contributed by atoms with E-state index in [1.54, 1.807) is 6.92 Å². The fraction of sp³-hybridized carbons (Fsp3) is 0.487. The monoisotopic (exact) mass is 744 g/mol. The zero-order valence-electron chi connectivity index (χ0n) is 30.0. The van der Waals surface area contributed by atoms with Crippen LogP contribution in [0.1, 0.15) is 119 Å². The number of alkyl halides is 6. The lowest BCUT2D eigenvalue weighted by molar-refractivity contribution is -0.140. The normalized spacial score (nSPS) is 15.6. The standard InChI is InChI=1S/C20H24F3N3O.C19H22F3N3O/c1-2-12-27-18-17(20(21,22)23)13-24-19(26-18)25-16-10-8-15(9-11-16)14-6-4-3-5-7-14;1-2-26-17-16(19(20,21)22)12-23-18(25-17)24-15-10-8-14(9-11-15)13-6-4-3-5-7-13/h8-11,13-14H,2-7,12H2,1H3,(H,24,25,26);8-13H,2-7H2,1H3,(H,23,24,25). The first-order valence-corrected chi connectivity index (χ1v) is 18.3. The van der Waals surface area contributed by atoms with E-state index < -0.39 is 35.2 Å². The largest absolute Gasteiger partial charge is 0.477 e. The van der Waals surface area contributed by atoms with Gasteiger partial charge in [-0.3, -0.25) is 0 Å². The number of nitrogens with zero attached hydrogens (tertiary/aromatic N) is 4. The van der Waals surface area contributed by atoms with Crippen LogP contribution in [-0.2, 0) is 12.4 Å². The summed E-state index contributed by atoms with van der Waals surface area (Å²) < 4.78 is 88.3. The highest BCUT2D eigenvalue weighted by atomic mass is 19.4. The van der Waals surface area contributed by atoms with E-state index in [0.717, 1.165) is 23.8 Å². The van der Waals surface area contributed by atoms with Crippen molar-refractivity contribution in [1.82, 2.24) is 19.9 Å². The molecule has 2 aliphatic carbocycles. The molecule has 2 heterocycles. The average molecular weight is 745 g/mol. The third kappa shape index (κ3) is 11.4. The van der Waals surface area contributed by atoms with Gasteiger partial charge in [0.15, 0.2) is 0 Å². The quantitative estimate of drug-likeness (QED) is 0.147. The maximum Gasteiger partial charge on any atom is 0.423 e. The van der Waals surface area contributed by atoms with Crippen LogP contribution in [0.5, 0.6) is 11.8 Å². The Morgan fingerprint density at radius 3 is 1.34 bits per heavy atom. The lowest BCUT2D eigenvalue weighted by Gasteiger charge is -2.22. The average Bonchev–Trinajstić information content (AvgIpc) is 3.15. The van der Waals surface area contributed by atoms with Gasteiger partial charge in [0.05, 0.1) is 13.2 Å². The molecule has 286 valence electrons. The van der Waals surface area contributed by atoms with Crippen LogP contribution < -0.4 is 20.1 Å². The van der Waals surface area contributed by atoms with Gasteiger partial charge in [0.25, 0.3) is 0 Å². The van der Waals surface area contributed by atoms with Gasteiger partial charge in [-0.25, -0.2) is 9.97 Å². The van der Waals surface area contributed by atoms with Gasteiger partial charge in [0.1, 0.15) is 11.1 Å². The van der Waals surface area contributed by atoms with Gasteiger partial charge < -0.3 is 20.1 Å². The highest BCUT2D eigenvalue weighted by molar-refractivity contribution is 5.56. The Balaban J connectivity index is 0.000000204. The molecule has 2 fully saturated rings. The number of halogens is 6. The Labute approximate surface area is 306 Å². The molecule has 14 heteroatoms. The Bertz CT molecular complexity index is 1720. The zero-order valence-corrected chi connectivity index (χ0v) is 30.0. The molecule has 4 aromatic rings. The maximum atomic E-state index is 13.1. The van der Waals surface area contributed by atoms with Crippen molar-refractivity contribution in [1.29, 1.82) is 0 Å². The van der Waals surface area contributed by atoms with E-state index in [4.69, 9.17) is 9.47 Å². The first kappa shape index (κ1) is 39.6. The van der Waals surface area contributed by atoms with Gasteiger partial charge in [-0.15, -0.1) is 0 Å². The van der Waals surface area contributed by atoms with Crippen LogP contribution in [-0.4, -0.2) is 33.1 Å². The highest BCUT2D eigenvalue weighted by Crippen LogP contribution is 2.38. The number of benzene rings is 2. The minimum absolute atomic E-state index is 0.0758. The zero-order chi connectivity index (χ0) is 37.8. The van der Waals surface area contributed by atoms with E-state index in [2.05, 4.69) is 54.8 Å². The molecule has 6 rings (SSSR count). The lowest BCUT2D eigenvalue weighted by atomic mass is 9.84. The van der Waals surface area contributed by atoms with E-state index >= 15 is 0 Å². The fourth-order valence-electron chi connectivity index (χ4n) is 6.60. The molecule has 0 atom stereocenters. The molecule has 2 aliphatic rings. The van der Waals surface area contributed by atoms with Crippen LogP contribution in [0.15, 0.2) is 60.9 Å². The summed E-state index contributed by atoms with van der Waals surface area (Å²) in [6.07, 6.45) is 5.55. The molecule has 2 N–H and O–H groups in total. The molecule has 0 aliphatic heterocycles. The van der Waals surface area contributed by atoms with Crippen molar-refractivity contribution in [2.75, 3.05) is 23.8 Å². The minimum atomic E-state index is -4.55. The van der Waals surface area contributed by atoms with Crippen LogP contribution in [0.3, 0.4) is 0 Å². The molecule has 0 saturated heterocycles. The second-order valence-corrected chi connectivity index (χ2v) is 13.3. The van der Waals surface area contributed by atoms with Crippen LogP contribution in [0.4, 0.5) is 49.6 Å². The molecule has 2 aromatic carbocycles. The number of hydrogen-bond donors (Lipinski definition) is 2. The fourth-order valence-corrected chi connectivity index (χ4v) is 6.60. The van der Waals surface area contributed by atoms with Crippen LogP contribution in [0.2, 0.25) is 0 Å².